The summed E-state index contributed by atoms with van der Waals surface area (Å²) in [5.74, 6) is 0. The molecule has 0 rings (SSSR count). The summed E-state index contributed by atoms with van der Waals surface area (Å²) >= 11 is -3.50. The predicted octanol–water partition coefficient (Wildman–Crippen LogP) is 5.55. The van der Waals surface area contributed by atoms with Gasteiger partial charge in [0.2, 0.25) is 0 Å². The Morgan fingerprint density at radius 2 is 1.10 bits per heavy atom. The van der Waals surface area contributed by atoms with Gasteiger partial charge in [0, 0.05) is 0 Å². The standard InChI is InChI=1S/2C5H7.2C4H9O.Sn/c2*1-3-5-4-2;2*1-2-3-4-5;/h2*3-5H,1-2H2;2*2-4H2,1H3;/q;;2*-1;+2. The molecule has 0 aliphatic rings. The van der Waals surface area contributed by atoms with Crippen LogP contribution in [0.25, 0.3) is 0 Å². The molecule has 0 aromatic heterocycles. The fourth-order valence-corrected chi connectivity index (χ4v) is 12.3. The first-order valence-corrected chi connectivity index (χ1v) is 13.6. The van der Waals surface area contributed by atoms with E-state index in [1.54, 1.807) is 0 Å². The van der Waals surface area contributed by atoms with Gasteiger partial charge in [0.05, 0.1) is 0 Å². The van der Waals surface area contributed by atoms with E-state index in [1.165, 1.54) is 0 Å². The van der Waals surface area contributed by atoms with E-state index in [0.717, 1.165) is 38.9 Å². The number of hydrogen-bond donors (Lipinski definition) is 0. The van der Waals surface area contributed by atoms with Gasteiger partial charge in [-0.3, -0.25) is 0 Å². The van der Waals surface area contributed by atoms with E-state index in [9.17, 15) is 0 Å². The minimum absolute atomic E-state index is 0.0917. The van der Waals surface area contributed by atoms with Gasteiger partial charge >= 0.3 is 137 Å². The molecule has 0 aliphatic carbocycles. The Kier molecular flexibility index (Phi) is 12.1. The molecular formula is C18H32O2Sn. The summed E-state index contributed by atoms with van der Waals surface area (Å²) in [6.45, 7) is 21.6. The average molecular weight is 399 g/mol. The van der Waals surface area contributed by atoms with Crippen LogP contribution in [0.1, 0.15) is 39.5 Å². The van der Waals surface area contributed by atoms with Gasteiger partial charge in [-0.2, -0.15) is 0 Å². The van der Waals surface area contributed by atoms with Gasteiger partial charge < -0.3 is 0 Å². The van der Waals surface area contributed by atoms with E-state index in [2.05, 4.69) is 40.2 Å². The summed E-state index contributed by atoms with van der Waals surface area (Å²) in [6.07, 6.45) is 12.0. The van der Waals surface area contributed by atoms with Crippen LogP contribution < -0.4 is 0 Å². The van der Waals surface area contributed by atoms with E-state index in [0.29, 0.717) is 0 Å². The molecule has 0 fully saturated rings. The Labute approximate surface area is 136 Å². The third-order valence-corrected chi connectivity index (χ3v) is 15.3. The maximum atomic E-state index is 6.41. The molecule has 2 nitrogen and oxygen atoms in total. The van der Waals surface area contributed by atoms with Crippen molar-refractivity contribution < 1.29 is 6.15 Å². The van der Waals surface area contributed by atoms with Crippen molar-refractivity contribution in [2.75, 3.05) is 13.2 Å². The first-order valence-electron chi connectivity index (χ1n) is 7.94. The van der Waals surface area contributed by atoms with Gasteiger partial charge in [-0.25, -0.2) is 0 Å². The molecule has 0 atom stereocenters. The number of hydrogen-bond acceptors (Lipinski definition) is 2. The third-order valence-electron chi connectivity index (χ3n) is 3.60. The molecule has 0 saturated carbocycles. The van der Waals surface area contributed by atoms with Crippen LogP contribution in [0.4, 0.5) is 0 Å². The second kappa shape index (κ2) is 12.2. The second-order valence-corrected chi connectivity index (χ2v) is 14.7. The first-order chi connectivity index (χ1) is 10.2. The molecule has 0 aromatic rings. The van der Waals surface area contributed by atoms with Crippen LogP contribution in [0.3, 0.4) is 0 Å². The van der Waals surface area contributed by atoms with Crippen LogP contribution in [-0.4, -0.2) is 32.4 Å². The average Bonchev–Trinajstić information content (AvgIpc) is 2.50. The van der Waals surface area contributed by atoms with E-state index in [-0.39, 0.29) is 7.87 Å². The quantitative estimate of drug-likeness (QED) is 0.217. The Hall–Kier alpha value is -0.321. The van der Waals surface area contributed by atoms with Gasteiger partial charge in [0.1, 0.15) is 0 Å². The molecule has 0 aromatic carbocycles. The van der Waals surface area contributed by atoms with E-state index < -0.39 is 19.2 Å². The Balaban J connectivity index is 5.42. The molecule has 3 heteroatoms. The van der Waals surface area contributed by atoms with Crippen LogP contribution in [0.2, 0.25) is 7.87 Å². The second-order valence-electron chi connectivity index (χ2n) is 5.12. The van der Waals surface area contributed by atoms with Crippen molar-refractivity contribution in [3.63, 3.8) is 0 Å². The normalized spacial score (nSPS) is 11.6. The van der Waals surface area contributed by atoms with Crippen LogP contribution in [0, 0.1) is 0 Å². The Bertz CT molecular complexity index is 277. The van der Waals surface area contributed by atoms with E-state index >= 15 is 0 Å². The molecule has 0 amide bonds. The number of rotatable bonds is 14. The minimum atomic E-state index is -3.50. The Morgan fingerprint density at radius 1 is 0.762 bits per heavy atom. The summed E-state index contributed by atoms with van der Waals surface area (Å²) in [5.41, 5.74) is 0. The molecule has 21 heavy (non-hydrogen) atoms. The van der Waals surface area contributed by atoms with Crippen molar-refractivity contribution in [2.24, 2.45) is 0 Å². The summed E-state index contributed by atoms with van der Waals surface area (Å²) in [6, 6.07) is 0. The van der Waals surface area contributed by atoms with Crippen LogP contribution in [-0.2, 0) is 6.15 Å². The van der Waals surface area contributed by atoms with E-state index in [1.807, 2.05) is 24.3 Å². The zero-order valence-corrected chi connectivity index (χ0v) is 16.7. The molecule has 120 valence electrons. The van der Waals surface area contributed by atoms with Gasteiger partial charge in [-0.15, -0.1) is 0 Å². The summed E-state index contributed by atoms with van der Waals surface area (Å²) in [7, 11) is 0. The molecule has 0 bridgehead atoms. The molecule has 0 saturated heterocycles. The molecule has 0 N–H and O–H groups in total. The number of unbranched alkanes of at least 4 members (excludes halogenated alkanes) is 2. The van der Waals surface area contributed by atoms with Crippen LogP contribution in [0.5, 0.6) is 0 Å². The monoisotopic (exact) mass is 400 g/mol. The van der Waals surface area contributed by atoms with Crippen molar-refractivity contribution in [1.29, 1.82) is 0 Å². The maximum absolute atomic E-state index is 6.41. The first kappa shape index (κ1) is 20.7. The fraction of sp³-hybridized carbons (Fsp3) is 0.556. The van der Waals surface area contributed by atoms with Crippen molar-refractivity contribution in [1.82, 2.24) is 0 Å². The van der Waals surface area contributed by atoms with E-state index in [4.69, 9.17) is 6.15 Å². The van der Waals surface area contributed by atoms with Gasteiger partial charge in [0.25, 0.3) is 0 Å². The van der Waals surface area contributed by atoms with Gasteiger partial charge in [0.15, 0.2) is 0 Å². The van der Waals surface area contributed by atoms with Gasteiger partial charge in [-0.1, -0.05) is 0 Å². The van der Waals surface area contributed by atoms with Crippen molar-refractivity contribution >= 4 is 19.2 Å². The van der Waals surface area contributed by atoms with Gasteiger partial charge in [-0.05, 0) is 0 Å². The van der Waals surface area contributed by atoms with Crippen LogP contribution >= 0.6 is 0 Å². The fourth-order valence-electron chi connectivity index (χ4n) is 2.25. The molecule has 0 aliphatic heterocycles. The Morgan fingerprint density at radius 3 is 1.33 bits per heavy atom. The molecule has 0 radical (unpaired) electrons. The van der Waals surface area contributed by atoms with Crippen molar-refractivity contribution in [3.05, 3.63) is 50.6 Å². The zero-order chi connectivity index (χ0) is 16.1. The summed E-state index contributed by atoms with van der Waals surface area (Å²) in [4.78, 5) is 0. The van der Waals surface area contributed by atoms with Crippen LogP contribution in [0.15, 0.2) is 50.6 Å². The molecular weight excluding hydrogens is 367 g/mol. The molecule has 0 unspecified atom stereocenters. The predicted molar refractivity (Wildman–Crippen MR) is 95.8 cm³/mol. The molecule has 0 spiro atoms. The zero-order valence-electron chi connectivity index (χ0n) is 13.9. The van der Waals surface area contributed by atoms with Crippen molar-refractivity contribution in [2.45, 2.75) is 47.4 Å². The summed E-state index contributed by atoms with van der Waals surface area (Å²) in [5, 5.41) is 0. The summed E-state index contributed by atoms with van der Waals surface area (Å²) < 4.78 is 13.0. The third kappa shape index (κ3) is 6.13. The number of allylic oxidation sites excluding steroid dienone is 4. The topological polar surface area (TPSA) is 18.5 Å². The SMILES string of the molecule is C=C[CH](C=C)[Sn]([O]CCCC)([O]CCCC)[CH](C=C)C=C. The molecule has 0 heterocycles. The van der Waals surface area contributed by atoms with Crippen molar-refractivity contribution in [3.8, 4) is 0 Å².